The molecular weight excluding hydrogens is 424 g/mol. The average Bonchev–Trinajstić information content (AvgIpc) is 2.60. The predicted octanol–water partition coefficient (Wildman–Crippen LogP) is 4.52. The number of hydrogen-bond acceptors (Lipinski definition) is 3. The van der Waals surface area contributed by atoms with Crippen molar-refractivity contribution in [3.8, 4) is 0 Å². The van der Waals surface area contributed by atoms with Gasteiger partial charge in [0.25, 0.3) is 0 Å². The number of rotatable bonds is 4. The van der Waals surface area contributed by atoms with Gasteiger partial charge < -0.3 is 0 Å². The molecule has 0 aromatic heterocycles. The molecule has 0 heterocycles. The molecular formula is C21H27BrN2O2S. The van der Waals surface area contributed by atoms with Crippen LogP contribution in [0.3, 0.4) is 0 Å². The van der Waals surface area contributed by atoms with Crippen molar-refractivity contribution < 1.29 is 9.59 Å². The molecule has 6 heteroatoms. The number of carbonyl (C=O) groups is 2. The van der Waals surface area contributed by atoms with Crippen LogP contribution in [0.25, 0.3) is 0 Å². The van der Waals surface area contributed by atoms with Crippen molar-refractivity contribution in [2.45, 2.75) is 57.3 Å². The first-order valence-electron chi connectivity index (χ1n) is 9.83. The smallest absolute Gasteiger partial charge is 0.248 e. The molecule has 0 spiro atoms. The van der Waals surface area contributed by atoms with E-state index in [2.05, 4.69) is 38.9 Å². The second kappa shape index (κ2) is 7.43. The molecule has 1 aromatic rings. The van der Waals surface area contributed by atoms with Gasteiger partial charge in [0.05, 0.1) is 11.2 Å². The summed E-state index contributed by atoms with van der Waals surface area (Å²) < 4.78 is 1.08. The fraction of sp³-hybridized carbons (Fsp3) is 0.619. The van der Waals surface area contributed by atoms with E-state index >= 15 is 0 Å². The first-order valence-corrected chi connectivity index (χ1v) is 11.6. The summed E-state index contributed by atoms with van der Waals surface area (Å²) in [5.41, 5.74) is 7.47. The zero-order valence-corrected chi connectivity index (χ0v) is 18.3. The first-order chi connectivity index (χ1) is 12.8. The number of amides is 2. The number of nitrogens with one attached hydrogen (secondary N) is 2. The van der Waals surface area contributed by atoms with Crippen molar-refractivity contribution in [2.24, 2.45) is 23.2 Å². The van der Waals surface area contributed by atoms with Crippen molar-refractivity contribution in [1.29, 1.82) is 0 Å². The van der Waals surface area contributed by atoms with Gasteiger partial charge in [0.2, 0.25) is 11.8 Å². The summed E-state index contributed by atoms with van der Waals surface area (Å²) in [6.07, 6.45) is 6.94. The highest BCUT2D eigenvalue weighted by atomic mass is 79.9. The Kier molecular flexibility index (Phi) is 5.32. The number of benzene rings is 1. The lowest BCUT2D eigenvalue weighted by Crippen LogP contribution is -2.56. The van der Waals surface area contributed by atoms with Gasteiger partial charge in [-0.2, -0.15) is 0 Å². The van der Waals surface area contributed by atoms with Crippen LogP contribution < -0.4 is 10.9 Å². The summed E-state index contributed by atoms with van der Waals surface area (Å²) in [5, 5.41) is 0. The molecule has 0 radical (unpaired) electrons. The lowest BCUT2D eigenvalue weighted by atomic mass is 9.49. The Balaban J connectivity index is 1.30. The Morgan fingerprint density at radius 1 is 1.04 bits per heavy atom. The third kappa shape index (κ3) is 3.93. The van der Waals surface area contributed by atoms with Gasteiger partial charge in [-0.25, -0.2) is 0 Å². The molecule has 4 nitrogen and oxygen atoms in total. The van der Waals surface area contributed by atoms with Crippen molar-refractivity contribution in [2.75, 3.05) is 5.75 Å². The van der Waals surface area contributed by atoms with Crippen LogP contribution in [0, 0.1) is 37.0 Å². The molecule has 4 saturated carbocycles. The maximum Gasteiger partial charge on any atom is 0.248 e. The molecule has 0 aliphatic heterocycles. The van der Waals surface area contributed by atoms with Crippen LogP contribution in [0.1, 0.15) is 49.7 Å². The molecule has 4 aliphatic carbocycles. The zero-order valence-electron chi connectivity index (χ0n) is 15.9. The second-order valence-electron chi connectivity index (χ2n) is 8.86. The summed E-state index contributed by atoms with van der Waals surface area (Å²) in [4.78, 5) is 26.2. The van der Waals surface area contributed by atoms with Gasteiger partial charge in [0, 0.05) is 9.37 Å². The van der Waals surface area contributed by atoms with Crippen molar-refractivity contribution in [3.63, 3.8) is 0 Å². The average molecular weight is 451 g/mol. The molecule has 0 unspecified atom stereocenters. The monoisotopic (exact) mass is 450 g/mol. The fourth-order valence-corrected chi connectivity index (χ4v) is 7.10. The number of hydrogen-bond donors (Lipinski definition) is 2. The topological polar surface area (TPSA) is 58.2 Å². The van der Waals surface area contributed by atoms with Crippen molar-refractivity contribution >= 4 is 39.5 Å². The standard InChI is InChI=1S/C21H27BrN2O2S/c1-12-4-18(13(2)3-17(12)22)27-11-19(25)23-24-20(26)21-8-14-5-15(9-21)7-16(6-14)10-21/h3-4,14-16H,5-11H2,1-2H3,(H,23,25)(H,24,26). The van der Waals surface area contributed by atoms with Crippen molar-refractivity contribution in [3.05, 3.63) is 27.7 Å². The van der Waals surface area contributed by atoms with Crippen LogP contribution in [0.4, 0.5) is 0 Å². The van der Waals surface area contributed by atoms with E-state index in [1.807, 2.05) is 13.8 Å². The lowest BCUT2D eigenvalue weighted by Gasteiger charge is -2.55. The molecule has 5 rings (SSSR count). The second-order valence-corrected chi connectivity index (χ2v) is 10.7. The summed E-state index contributed by atoms with van der Waals surface area (Å²) in [6, 6.07) is 4.16. The van der Waals surface area contributed by atoms with E-state index in [1.165, 1.54) is 31.0 Å². The highest BCUT2D eigenvalue weighted by Gasteiger charge is 2.54. The number of hydrazine groups is 1. The zero-order chi connectivity index (χ0) is 19.2. The molecule has 1 aromatic carbocycles. The van der Waals surface area contributed by atoms with Gasteiger partial charge in [-0.15, -0.1) is 11.8 Å². The third-order valence-corrected chi connectivity index (χ3v) is 8.66. The molecule has 4 fully saturated rings. The molecule has 2 N–H and O–H groups in total. The SMILES string of the molecule is Cc1cc(SCC(=O)NNC(=O)C23CC4CC(CC(C4)C2)C3)c(C)cc1Br. The summed E-state index contributed by atoms with van der Waals surface area (Å²) in [5.74, 6) is 2.34. The van der Waals surface area contributed by atoms with Gasteiger partial charge in [-0.05, 0) is 93.4 Å². The number of carbonyl (C=O) groups excluding carboxylic acids is 2. The van der Waals surface area contributed by atoms with E-state index < -0.39 is 0 Å². The quantitative estimate of drug-likeness (QED) is 0.523. The Labute approximate surface area is 173 Å². The minimum Gasteiger partial charge on any atom is -0.273 e. The Morgan fingerprint density at radius 2 is 1.63 bits per heavy atom. The lowest BCUT2D eigenvalue weighted by molar-refractivity contribution is -0.148. The van der Waals surface area contributed by atoms with Gasteiger partial charge in [0.1, 0.15) is 0 Å². The van der Waals surface area contributed by atoms with Gasteiger partial charge >= 0.3 is 0 Å². The Morgan fingerprint density at radius 3 is 2.22 bits per heavy atom. The van der Waals surface area contributed by atoms with E-state index in [4.69, 9.17) is 0 Å². The van der Waals surface area contributed by atoms with E-state index in [1.54, 1.807) is 0 Å². The van der Waals surface area contributed by atoms with Crippen molar-refractivity contribution in [1.82, 2.24) is 10.9 Å². The van der Waals surface area contributed by atoms with E-state index in [0.29, 0.717) is 5.75 Å². The molecule has 4 aliphatic rings. The van der Waals surface area contributed by atoms with Crippen LogP contribution in [-0.2, 0) is 9.59 Å². The van der Waals surface area contributed by atoms with E-state index in [-0.39, 0.29) is 17.2 Å². The third-order valence-electron chi connectivity index (χ3n) is 6.65. The molecule has 2 amide bonds. The molecule has 4 bridgehead atoms. The maximum atomic E-state index is 12.9. The van der Waals surface area contributed by atoms with Crippen LogP contribution in [0.2, 0.25) is 0 Å². The normalized spacial score (nSPS) is 31.0. The number of aryl methyl sites for hydroxylation is 2. The molecule has 146 valence electrons. The van der Waals surface area contributed by atoms with Gasteiger partial charge in [0.15, 0.2) is 0 Å². The highest BCUT2D eigenvalue weighted by Crippen LogP contribution is 2.60. The predicted molar refractivity (Wildman–Crippen MR) is 111 cm³/mol. The van der Waals surface area contributed by atoms with Crippen LogP contribution >= 0.6 is 27.7 Å². The molecule has 0 saturated heterocycles. The van der Waals surface area contributed by atoms with Crippen LogP contribution in [0.15, 0.2) is 21.5 Å². The number of halogens is 1. The maximum absolute atomic E-state index is 12.9. The largest absolute Gasteiger partial charge is 0.273 e. The van der Waals surface area contributed by atoms with Crippen LogP contribution in [-0.4, -0.2) is 17.6 Å². The minimum absolute atomic E-state index is 0.0376. The molecule has 0 atom stereocenters. The molecule has 27 heavy (non-hydrogen) atoms. The van der Waals surface area contributed by atoms with E-state index in [9.17, 15) is 9.59 Å². The summed E-state index contributed by atoms with van der Waals surface area (Å²) in [6.45, 7) is 4.08. The van der Waals surface area contributed by atoms with Crippen LogP contribution in [0.5, 0.6) is 0 Å². The Hall–Kier alpha value is -1.01. The Bertz CT molecular complexity index is 744. The fourth-order valence-electron chi connectivity index (χ4n) is 5.74. The van der Waals surface area contributed by atoms with E-state index in [0.717, 1.165) is 57.5 Å². The summed E-state index contributed by atoms with van der Waals surface area (Å²) in [7, 11) is 0. The van der Waals surface area contributed by atoms with Gasteiger partial charge in [-0.1, -0.05) is 15.9 Å². The first kappa shape index (κ1) is 19.3. The number of thioether (sulfide) groups is 1. The minimum atomic E-state index is -0.228. The highest BCUT2D eigenvalue weighted by molar-refractivity contribution is 9.10. The summed E-state index contributed by atoms with van der Waals surface area (Å²) >= 11 is 5.04. The van der Waals surface area contributed by atoms with Gasteiger partial charge in [-0.3, -0.25) is 20.4 Å².